The molecule has 0 unspecified atom stereocenters. The van der Waals surface area contributed by atoms with Gasteiger partial charge in [0.15, 0.2) is 0 Å². The Morgan fingerprint density at radius 2 is 1.95 bits per heavy atom. The van der Waals surface area contributed by atoms with Crippen molar-refractivity contribution in [1.29, 1.82) is 0 Å². The van der Waals surface area contributed by atoms with Crippen LogP contribution in [-0.2, 0) is 0 Å². The smallest absolute Gasteiger partial charge is 0.265 e. The lowest BCUT2D eigenvalue weighted by atomic mass is 10.1. The van der Waals surface area contributed by atoms with Crippen molar-refractivity contribution in [2.24, 2.45) is 5.73 Å². The number of primary amides is 1. The lowest BCUT2D eigenvalue weighted by Crippen LogP contribution is -2.12. The molecule has 3 aromatic rings. The Morgan fingerprint density at radius 3 is 2.52 bits per heavy atom. The van der Waals surface area contributed by atoms with Crippen LogP contribution in [-0.4, -0.2) is 18.0 Å². The number of nitrogens with two attached hydrogens (primary N) is 1. The lowest BCUT2D eigenvalue weighted by Gasteiger charge is -2.01. The molecular formula is C16H14N2O2S. The van der Waals surface area contributed by atoms with Gasteiger partial charge in [0.25, 0.3) is 5.91 Å². The number of benzene rings is 1. The Morgan fingerprint density at radius 1 is 1.19 bits per heavy atom. The molecule has 0 fully saturated rings. The summed E-state index contributed by atoms with van der Waals surface area (Å²) in [5.74, 6) is 0.328. The van der Waals surface area contributed by atoms with E-state index < -0.39 is 5.91 Å². The van der Waals surface area contributed by atoms with E-state index in [1.54, 1.807) is 18.4 Å². The summed E-state index contributed by atoms with van der Waals surface area (Å²) in [6, 6.07) is 11.6. The average Bonchev–Trinajstić information content (AvgIpc) is 3.16. The molecule has 0 aliphatic rings. The largest absolute Gasteiger partial charge is 0.497 e. The predicted octanol–water partition coefficient (Wildman–Crippen LogP) is 3.52. The first kappa shape index (κ1) is 13.5. The van der Waals surface area contributed by atoms with E-state index in [1.165, 1.54) is 0 Å². The van der Waals surface area contributed by atoms with Crippen LogP contribution in [0.1, 0.15) is 10.5 Å². The number of rotatable bonds is 4. The molecule has 2 heterocycles. The van der Waals surface area contributed by atoms with E-state index in [-0.39, 0.29) is 0 Å². The number of hydrogen-bond donors (Lipinski definition) is 2. The first-order chi connectivity index (χ1) is 10.2. The van der Waals surface area contributed by atoms with E-state index >= 15 is 0 Å². The zero-order valence-electron chi connectivity index (χ0n) is 11.4. The van der Waals surface area contributed by atoms with Crippen LogP contribution in [0.2, 0.25) is 0 Å². The van der Waals surface area contributed by atoms with Crippen LogP contribution in [0.25, 0.3) is 22.4 Å². The van der Waals surface area contributed by atoms with Gasteiger partial charge in [-0.3, -0.25) is 4.79 Å². The van der Waals surface area contributed by atoms with Crippen molar-refractivity contribution in [3.05, 3.63) is 52.9 Å². The number of methoxy groups -OCH3 is 1. The van der Waals surface area contributed by atoms with Crippen LogP contribution in [0.3, 0.4) is 0 Å². The van der Waals surface area contributed by atoms with Gasteiger partial charge in [0.05, 0.1) is 7.11 Å². The molecule has 21 heavy (non-hydrogen) atoms. The SMILES string of the molecule is COc1ccc(-c2cc(-c3ccsc3)c(C(N)=O)[nH]2)cc1. The van der Waals surface area contributed by atoms with E-state index in [9.17, 15) is 4.79 Å². The highest BCUT2D eigenvalue weighted by molar-refractivity contribution is 7.08. The second kappa shape index (κ2) is 5.46. The Kier molecular flexibility index (Phi) is 3.50. The summed E-state index contributed by atoms with van der Waals surface area (Å²) >= 11 is 1.58. The number of aromatic amines is 1. The van der Waals surface area contributed by atoms with Crippen molar-refractivity contribution >= 4 is 17.2 Å². The molecule has 0 aliphatic carbocycles. The zero-order valence-corrected chi connectivity index (χ0v) is 12.2. The standard InChI is InChI=1S/C16H14N2O2S/c1-20-12-4-2-10(3-5-12)14-8-13(11-6-7-21-9-11)15(18-14)16(17)19/h2-9,18H,1H3,(H2,17,19). The number of hydrogen-bond acceptors (Lipinski definition) is 3. The fraction of sp³-hybridized carbons (Fsp3) is 0.0625. The first-order valence-corrected chi connectivity index (χ1v) is 7.33. The quantitative estimate of drug-likeness (QED) is 0.774. The third-order valence-corrected chi connectivity index (χ3v) is 3.98. The Hall–Kier alpha value is -2.53. The van der Waals surface area contributed by atoms with Crippen molar-refractivity contribution in [3.63, 3.8) is 0 Å². The summed E-state index contributed by atoms with van der Waals surface area (Å²) in [5.41, 5.74) is 9.55. The van der Waals surface area contributed by atoms with Crippen LogP contribution in [0, 0.1) is 0 Å². The van der Waals surface area contributed by atoms with Gasteiger partial charge in [-0.1, -0.05) is 0 Å². The number of ether oxygens (including phenoxy) is 1. The monoisotopic (exact) mass is 298 g/mol. The van der Waals surface area contributed by atoms with Gasteiger partial charge < -0.3 is 15.5 Å². The molecule has 3 rings (SSSR count). The van der Waals surface area contributed by atoms with Crippen molar-refractivity contribution in [2.75, 3.05) is 7.11 Å². The minimum Gasteiger partial charge on any atom is -0.497 e. The Labute approximate surface area is 126 Å². The fourth-order valence-corrected chi connectivity index (χ4v) is 2.88. The Balaban J connectivity index is 2.07. The number of carbonyl (C=O) groups excluding carboxylic acids is 1. The van der Waals surface area contributed by atoms with Gasteiger partial charge in [0, 0.05) is 11.3 Å². The number of carbonyl (C=O) groups is 1. The first-order valence-electron chi connectivity index (χ1n) is 6.39. The molecule has 0 radical (unpaired) electrons. The summed E-state index contributed by atoms with van der Waals surface area (Å²) in [7, 11) is 1.63. The van der Waals surface area contributed by atoms with Gasteiger partial charge in [-0.15, -0.1) is 0 Å². The molecular weight excluding hydrogens is 284 g/mol. The second-order valence-electron chi connectivity index (χ2n) is 4.58. The summed E-state index contributed by atoms with van der Waals surface area (Å²) in [6.07, 6.45) is 0. The third kappa shape index (κ3) is 2.55. The molecule has 1 amide bonds. The summed E-state index contributed by atoms with van der Waals surface area (Å²) < 4.78 is 5.15. The third-order valence-electron chi connectivity index (χ3n) is 3.30. The zero-order chi connectivity index (χ0) is 14.8. The van der Waals surface area contributed by atoms with Gasteiger partial charge in [0.1, 0.15) is 11.4 Å². The van der Waals surface area contributed by atoms with Crippen molar-refractivity contribution < 1.29 is 9.53 Å². The molecule has 5 heteroatoms. The summed E-state index contributed by atoms with van der Waals surface area (Å²) in [6.45, 7) is 0. The van der Waals surface area contributed by atoms with Crippen LogP contribution < -0.4 is 10.5 Å². The van der Waals surface area contributed by atoms with E-state index in [2.05, 4.69) is 4.98 Å². The molecule has 0 aliphatic heterocycles. The fourth-order valence-electron chi connectivity index (χ4n) is 2.22. The Bertz CT molecular complexity index is 758. The van der Waals surface area contributed by atoms with Crippen LogP contribution >= 0.6 is 11.3 Å². The summed E-state index contributed by atoms with van der Waals surface area (Å²) in [5, 5.41) is 3.97. The molecule has 0 saturated carbocycles. The molecule has 0 bridgehead atoms. The van der Waals surface area contributed by atoms with Crippen molar-refractivity contribution in [2.45, 2.75) is 0 Å². The molecule has 2 aromatic heterocycles. The van der Waals surface area contributed by atoms with Gasteiger partial charge in [-0.05, 0) is 58.3 Å². The molecule has 4 nitrogen and oxygen atoms in total. The number of H-pyrrole nitrogens is 1. The average molecular weight is 298 g/mol. The van der Waals surface area contributed by atoms with Gasteiger partial charge in [-0.2, -0.15) is 11.3 Å². The predicted molar refractivity (Wildman–Crippen MR) is 84.6 cm³/mol. The normalized spacial score (nSPS) is 10.5. The maximum atomic E-state index is 11.6. The van der Waals surface area contributed by atoms with Crippen molar-refractivity contribution in [1.82, 2.24) is 4.98 Å². The second-order valence-corrected chi connectivity index (χ2v) is 5.36. The number of thiophene rings is 1. The van der Waals surface area contributed by atoms with E-state index in [4.69, 9.17) is 10.5 Å². The van der Waals surface area contributed by atoms with E-state index in [0.29, 0.717) is 5.69 Å². The van der Waals surface area contributed by atoms with Gasteiger partial charge in [0.2, 0.25) is 0 Å². The van der Waals surface area contributed by atoms with Gasteiger partial charge in [-0.25, -0.2) is 0 Å². The highest BCUT2D eigenvalue weighted by Gasteiger charge is 2.15. The topological polar surface area (TPSA) is 68.1 Å². The number of nitrogens with one attached hydrogen (secondary N) is 1. The van der Waals surface area contributed by atoms with Crippen LogP contribution in [0.4, 0.5) is 0 Å². The molecule has 0 spiro atoms. The minimum atomic E-state index is -0.462. The van der Waals surface area contributed by atoms with Crippen LogP contribution in [0.5, 0.6) is 5.75 Å². The van der Waals surface area contributed by atoms with Crippen LogP contribution in [0.15, 0.2) is 47.2 Å². The lowest BCUT2D eigenvalue weighted by molar-refractivity contribution is 0.0997. The molecule has 106 valence electrons. The molecule has 0 saturated heterocycles. The van der Waals surface area contributed by atoms with Gasteiger partial charge >= 0.3 is 0 Å². The van der Waals surface area contributed by atoms with E-state index in [1.807, 2.05) is 47.2 Å². The molecule has 0 atom stereocenters. The number of aromatic nitrogens is 1. The summed E-state index contributed by atoms with van der Waals surface area (Å²) in [4.78, 5) is 14.7. The maximum Gasteiger partial charge on any atom is 0.265 e. The highest BCUT2D eigenvalue weighted by atomic mass is 32.1. The number of amides is 1. The van der Waals surface area contributed by atoms with E-state index in [0.717, 1.165) is 28.1 Å². The van der Waals surface area contributed by atoms with Crippen molar-refractivity contribution in [3.8, 4) is 28.1 Å². The maximum absolute atomic E-state index is 11.6. The molecule has 1 aromatic carbocycles. The molecule has 3 N–H and O–H groups in total. The minimum absolute atomic E-state index is 0.430. The highest BCUT2D eigenvalue weighted by Crippen LogP contribution is 2.31.